The molecular weight excluding hydrogens is 430 g/mol. The number of ether oxygens (including phenoxy) is 1. The maximum Gasteiger partial charge on any atom is 0.335 e. The van der Waals surface area contributed by atoms with E-state index in [2.05, 4.69) is 21.2 Å². The number of urea groups is 1. The summed E-state index contributed by atoms with van der Waals surface area (Å²) >= 11 is 3.36. The maximum atomic E-state index is 12.9. The van der Waals surface area contributed by atoms with Crippen LogP contribution in [-0.2, 0) is 9.59 Å². The van der Waals surface area contributed by atoms with Gasteiger partial charge in [-0.05, 0) is 53.2 Å². The van der Waals surface area contributed by atoms with Crippen molar-refractivity contribution in [1.29, 1.82) is 0 Å². The molecule has 3 rings (SSSR count). The van der Waals surface area contributed by atoms with Crippen LogP contribution in [0, 0.1) is 0 Å². The molecule has 8 nitrogen and oxygen atoms in total. The van der Waals surface area contributed by atoms with Crippen molar-refractivity contribution < 1.29 is 23.5 Å². The van der Waals surface area contributed by atoms with Gasteiger partial charge in [-0.2, -0.15) is 0 Å². The number of nitrogens with zero attached hydrogens (tertiary/aromatic N) is 2. The lowest BCUT2D eigenvalue weighted by molar-refractivity contribution is -0.122. The van der Waals surface area contributed by atoms with E-state index in [0.717, 1.165) is 4.90 Å². The van der Waals surface area contributed by atoms with Crippen molar-refractivity contribution in [3.63, 3.8) is 0 Å². The fourth-order valence-electron chi connectivity index (χ4n) is 2.64. The first-order valence-electron chi connectivity index (χ1n) is 8.42. The molecule has 0 radical (unpaired) electrons. The van der Waals surface area contributed by atoms with Crippen molar-refractivity contribution in [3.05, 3.63) is 46.1 Å². The lowest BCUT2D eigenvalue weighted by Gasteiger charge is -2.26. The summed E-state index contributed by atoms with van der Waals surface area (Å²) in [6.45, 7) is 2.35. The van der Waals surface area contributed by atoms with Crippen LogP contribution in [0.25, 0.3) is 6.08 Å². The highest BCUT2D eigenvalue weighted by atomic mass is 79.9. The number of furan rings is 1. The quantitative estimate of drug-likeness (QED) is 0.558. The second-order valence-corrected chi connectivity index (χ2v) is 6.94. The minimum absolute atomic E-state index is 0.208. The van der Waals surface area contributed by atoms with E-state index in [1.165, 1.54) is 6.08 Å². The predicted octanol–water partition coefficient (Wildman–Crippen LogP) is 3.17. The highest BCUT2D eigenvalue weighted by Gasteiger charge is 2.37. The van der Waals surface area contributed by atoms with Gasteiger partial charge in [0.15, 0.2) is 0 Å². The van der Waals surface area contributed by atoms with Crippen molar-refractivity contribution >= 4 is 51.4 Å². The number of amides is 4. The van der Waals surface area contributed by atoms with Gasteiger partial charge in [0, 0.05) is 20.2 Å². The standard InChI is InChI=1S/C19H18BrN3O5/c1-4-27-12-7-5-11(6-8-12)23-17(25)14(16(24)21-19(23)26)9-13-10-15(20)18(28-13)22(2)3/h5-10H,4H2,1-3H3,(H,21,24,26)/b14-9+. The summed E-state index contributed by atoms with van der Waals surface area (Å²) in [6.07, 6.45) is 1.31. The fourth-order valence-corrected chi connectivity index (χ4v) is 3.31. The van der Waals surface area contributed by atoms with Crippen molar-refractivity contribution in [2.45, 2.75) is 6.92 Å². The third-order valence-electron chi connectivity index (χ3n) is 3.89. The van der Waals surface area contributed by atoms with Crippen LogP contribution in [0.2, 0.25) is 0 Å². The van der Waals surface area contributed by atoms with Crippen molar-refractivity contribution in [2.75, 3.05) is 30.5 Å². The van der Waals surface area contributed by atoms with Gasteiger partial charge >= 0.3 is 6.03 Å². The molecule has 1 saturated heterocycles. The number of carbonyl (C=O) groups is 3. The smallest absolute Gasteiger partial charge is 0.335 e. The second kappa shape index (κ2) is 7.89. The number of carbonyl (C=O) groups excluding carboxylic acids is 3. The molecule has 1 N–H and O–H groups in total. The molecule has 1 aromatic carbocycles. The number of halogens is 1. The molecule has 28 heavy (non-hydrogen) atoms. The topological polar surface area (TPSA) is 92.1 Å². The molecule has 2 heterocycles. The monoisotopic (exact) mass is 447 g/mol. The van der Waals surface area contributed by atoms with Gasteiger partial charge in [0.1, 0.15) is 17.1 Å². The molecule has 4 amide bonds. The van der Waals surface area contributed by atoms with E-state index in [4.69, 9.17) is 9.15 Å². The molecule has 0 aliphatic carbocycles. The van der Waals surface area contributed by atoms with Crippen LogP contribution in [0.5, 0.6) is 5.75 Å². The van der Waals surface area contributed by atoms with Crippen LogP contribution in [0.1, 0.15) is 12.7 Å². The Hall–Kier alpha value is -3.07. The van der Waals surface area contributed by atoms with Gasteiger partial charge in [-0.15, -0.1) is 0 Å². The van der Waals surface area contributed by atoms with Crippen LogP contribution in [0.3, 0.4) is 0 Å². The Morgan fingerprint density at radius 2 is 1.89 bits per heavy atom. The van der Waals surface area contributed by atoms with E-state index in [1.807, 2.05) is 6.92 Å². The zero-order chi connectivity index (χ0) is 20.4. The molecule has 9 heteroatoms. The predicted molar refractivity (Wildman–Crippen MR) is 107 cm³/mol. The van der Waals surface area contributed by atoms with Crippen LogP contribution < -0.4 is 19.9 Å². The highest BCUT2D eigenvalue weighted by Crippen LogP contribution is 2.31. The molecule has 0 bridgehead atoms. The Kier molecular flexibility index (Phi) is 5.55. The average molecular weight is 448 g/mol. The minimum Gasteiger partial charge on any atom is -0.494 e. The van der Waals surface area contributed by atoms with E-state index in [9.17, 15) is 14.4 Å². The molecule has 0 unspecified atom stereocenters. The summed E-state index contributed by atoms with van der Waals surface area (Å²) < 4.78 is 11.7. The van der Waals surface area contributed by atoms with Gasteiger partial charge in [0.25, 0.3) is 11.8 Å². The van der Waals surface area contributed by atoms with Gasteiger partial charge in [-0.3, -0.25) is 14.9 Å². The van der Waals surface area contributed by atoms with Gasteiger partial charge in [-0.1, -0.05) is 0 Å². The third kappa shape index (κ3) is 3.79. The minimum atomic E-state index is -0.814. The van der Waals surface area contributed by atoms with Crippen molar-refractivity contribution in [2.24, 2.45) is 0 Å². The van der Waals surface area contributed by atoms with Gasteiger partial charge < -0.3 is 14.1 Å². The SMILES string of the molecule is CCOc1ccc(N2C(=O)NC(=O)/C(=C\c3cc(Br)c(N(C)C)o3)C2=O)cc1. The Bertz CT molecular complexity index is 962. The van der Waals surface area contributed by atoms with Crippen LogP contribution in [0.4, 0.5) is 16.4 Å². The summed E-state index contributed by atoms with van der Waals surface area (Å²) in [5.74, 6) is -0.0717. The highest BCUT2D eigenvalue weighted by molar-refractivity contribution is 9.10. The van der Waals surface area contributed by atoms with Gasteiger partial charge in [-0.25, -0.2) is 9.69 Å². The van der Waals surface area contributed by atoms with E-state index in [-0.39, 0.29) is 5.57 Å². The normalized spacial score (nSPS) is 15.8. The Balaban J connectivity index is 1.94. The summed E-state index contributed by atoms with van der Waals surface area (Å²) in [4.78, 5) is 40.0. The number of barbiturate groups is 1. The number of imide groups is 2. The summed E-state index contributed by atoms with van der Waals surface area (Å²) in [6, 6.07) is 7.26. The number of rotatable bonds is 5. The van der Waals surface area contributed by atoms with Gasteiger partial charge in [0.2, 0.25) is 5.88 Å². The first-order chi connectivity index (χ1) is 13.3. The average Bonchev–Trinajstić information content (AvgIpc) is 3.01. The Morgan fingerprint density at radius 3 is 2.46 bits per heavy atom. The molecule has 1 aliphatic rings. The number of anilines is 2. The fraction of sp³-hybridized carbons (Fsp3) is 0.211. The van der Waals surface area contributed by atoms with Crippen LogP contribution in [0.15, 0.2) is 44.8 Å². The largest absolute Gasteiger partial charge is 0.494 e. The van der Waals surface area contributed by atoms with Gasteiger partial charge in [0.05, 0.1) is 16.8 Å². The molecule has 1 aromatic heterocycles. The summed E-state index contributed by atoms with van der Waals surface area (Å²) in [7, 11) is 3.59. The first-order valence-corrected chi connectivity index (χ1v) is 9.22. The molecule has 1 aliphatic heterocycles. The molecule has 146 valence electrons. The molecule has 0 saturated carbocycles. The summed E-state index contributed by atoms with van der Waals surface area (Å²) in [5, 5.41) is 2.18. The van der Waals surface area contributed by atoms with Crippen molar-refractivity contribution in [3.8, 4) is 5.75 Å². The third-order valence-corrected chi connectivity index (χ3v) is 4.46. The molecular formula is C19H18BrN3O5. The van der Waals surface area contributed by atoms with E-state index < -0.39 is 17.8 Å². The zero-order valence-corrected chi connectivity index (χ0v) is 17.1. The van der Waals surface area contributed by atoms with E-state index >= 15 is 0 Å². The Morgan fingerprint density at radius 1 is 1.21 bits per heavy atom. The number of hydrogen-bond acceptors (Lipinski definition) is 6. The zero-order valence-electron chi connectivity index (χ0n) is 15.5. The van der Waals surface area contributed by atoms with Crippen molar-refractivity contribution in [1.82, 2.24) is 5.32 Å². The lowest BCUT2D eigenvalue weighted by atomic mass is 10.1. The van der Waals surface area contributed by atoms with E-state index in [0.29, 0.717) is 34.2 Å². The Labute approximate surface area is 169 Å². The molecule has 0 spiro atoms. The number of hydrogen-bond donors (Lipinski definition) is 1. The number of benzene rings is 1. The summed E-state index contributed by atoms with van der Waals surface area (Å²) in [5.41, 5.74) is 0.110. The molecule has 1 fully saturated rings. The van der Waals surface area contributed by atoms with Crippen LogP contribution >= 0.6 is 15.9 Å². The second-order valence-electron chi connectivity index (χ2n) is 6.08. The van der Waals surface area contributed by atoms with E-state index in [1.54, 1.807) is 49.3 Å². The number of nitrogens with one attached hydrogen (secondary N) is 1. The van der Waals surface area contributed by atoms with Crippen LogP contribution in [-0.4, -0.2) is 38.5 Å². The molecule has 2 aromatic rings. The lowest BCUT2D eigenvalue weighted by Crippen LogP contribution is -2.54. The molecule has 0 atom stereocenters. The maximum absolute atomic E-state index is 12.9. The first kappa shape index (κ1) is 19.7.